The zero-order valence-electron chi connectivity index (χ0n) is 15.0. The van der Waals surface area contributed by atoms with Gasteiger partial charge in [-0.1, -0.05) is 59.7 Å². The molecular formula is C24H28. The molecule has 124 valence electrons. The molecule has 0 aliphatic heterocycles. The fourth-order valence-electron chi connectivity index (χ4n) is 6.75. The zero-order chi connectivity index (χ0) is 16.4. The second-order valence-electron chi connectivity index (χ2n) is 9.25. The van der Waals surface area contributed by atoms with Crippen LogP contribution in [0.3, 0.4) is 0 Å². The third-order valence-corrected chi connectivity index (χ3v) is 7.39. The Labute approximate surface area is 146 Å². The summed E-state index contributed by atoms with van der Waals surface area (Å²) in [6.45, 7) is 4.41. The van der Waals surface area contributed by atoms with Crippen molar-refractivity contribution in [1.82, 2.24) is 0 Å². The minimum absolute atomic E-state index is 0.447. The SMILES string of the molecule is Cc1ccc(C23CC4CC(C2)CC(c2ccc(C)cc2)(C4)C3)cc1. The summed E-state index contributed by atoms with van der Waals surface area (Å²) in [5, 5.41) is 0. The lowest BCUT2D eigenvalue weighted by molar-refractivity contribution is -0.0281. The lowest BCUT2D eigenvalue weighted by atomic mass is 9.41. The fraction of sp³-hybridized carbons (Fsp3) is 0.500. The van der Waals surface area contributed by atoms with Crippen molar-refractivity contribution in [3.05, 3.63) is 70.8 Å². The fourth-order valence-corrected chi connectivity index (χ4v) is 6.75. The van der Waals surface area contributed by atoms with Crippen LogP contribution in [0.15, 0.2) is 48.5 Å². The van der Waals surface area contributed by atoms with Gasteiger partial charge in [-0.3, -0.25) is 0 Å². The van der Waals surface area contributed by atoms with Crippen LogP contribution in [0.25, 0.3) is 0 Å². The van der Waals surface area contributed by atoms with Crippen molar-refractivity contribution in [2.45, 2.75) is 63.2 Å². The predicted molar refractivity (Wildman–Crippen MR) is 100 cm³/mol. The summed E-state index contributed by atoms with van der Waals surface area (Å²) in [7, 11) is 0. The molecule has 4 aliphatic carbocycles. The summed E-state index contributed by atoms with van der Waals surface area (Å²) in [4.78, 5) is 0. The molecule has 0 nitrogen and oxygen atoms in total. The number of aryl methyl sites for hydroxylation is 2. The molecule has 0 amide bonds. The Morgan fingerprint density at radius 3 is 1.38 bits per heavy atom. The van der Waals surface area contributed by atoms with Gasteiger partial charge in [-0.05, 0) is 86.2 Å². The van der Waals surface area contributed by atoms with Crippen LogP contribution in [0.2, 0.25) is 0 Å². The highest BCUT2D eigenvalue weighted by atomic mass is 14.6. The van der Waals surface area contributed by atoms with Gasteiger partial charge >= 0.3 is 0 Å². The zero-order valence-corrected chi connectivity index (χ0v) is 15.0. The predicted octanol–water partition coefficient (Wildman–Crippen LogP) is 6.09. The minimum Gasteiger partial charge on any atom is -0.0590 e. The van der Waals surface area contributed by atoms with Gasteiger partial charge in [0.05, 0.1) is 0 Å². The largest absolute Gasteiger partial charge is 0.0590 e. The van der Waals surface area contributed by atoms with Gasteiger partial charge in [-0.2, -0.15) is 0 Å². The smallest absolute Gasteiger partial charge is 0.00332 e. The summed E-state index contributed by atoms with van der Waals surface area (Å²) < 4.78 is 0. The summed E-state index contributed by atoms with van der Waals surface area (Å²) in [5.41, 5.74) is 6.91. The molecule has 4 aliphatic rings. The number of hydrogen-bond acceptors (Lipinski definition) is 0. The molecule has 4 fully saturated rings. The third-order valence-electron chi connectivity index (χ3n) is 7.39. The molecule has 0 atom stereocenters. The van der Waals surface area contributed by atoms with Gasteiger partial charge < -0.3 is 0 Å². The highest BCUT2D eigenvalue weighted by Crippen LogP contribution is 2.66. The maximum Gasteiger partial charge on any atom is -0.00332 e. The van der Waals surface area contributed by atoms with Gasteiger partial charge in [0.15, 0.2) is 0 Å². The maximum absolute atomic E-state index is 2.44. The van der Waals surface area contributed by atoms with Crippen molar-refractivity contribution in [3.8, 4) is 0 Å². The summed E-state index contributed by atoms with van der Waals surface area (Å²) in [6, 6.07) is 19.0. The molecule has 0 saturated heterocycles. The molecule has 0 heterocycles. The second kappa shape index (κ2) is 4.97. The van der Waals surface area contributed by atoms with Crippen LogP contribution in [-0.2, 0) is 10.8 Å². The van der Waals surface area contributed by atoms with Gasteiger partial charge in [0.2, 0.25) is 0 Å². The van der Waals surface area contributed by atoms with E-state index in [-0.39, 0.29) is 0 Å². The first kappa shape index (κ1) is 14.8. The Bertz CT molecular complexity index is 672. The second-order valence-corrected chi connectivity index (χ2v) is 9.25. The van der Waals surface area contributed by atoms with Gasteiger partial charge in [0.25, 0.3) is 0 Å². The normalized spacial score (nSPS) is 36.9. The molecule has 0 heteroatoms. The average molecular weight is 316 g/mol. The van der Waals surface area contributed by atoms with Crippen molar-refractivity contribution >= 4 is 0 Å². The van der Waals surface area contributed by atoms with Crippen molar-refractivity contribution in [2.24, 2.45) is 11.8 Å². The third kappa shape index (κ3) is 2.11. The van der Waals surface area contributed by atoms with Gasteiger partial charge in [0.1, 0.15) is 0 Å². The summed E-state index contributed by atoms with van der Waals surface area (Å²) in [6.07, 6.45) is 8.58. The van der Waals surface area contributed by atoms with Crippen LogP contribution in [0.1, 0.15) is 60.8 Å². The van der Waals surface area contributed by atoms with Gasteiger partial charge in [-0.25, -0.2) is 0 Å². The first-order valence-corrected chi connectivity index (χ1v) is 9.71. The molecule has 6 rings (SSSR count). The standard InChI is InChI=1S/C24H28/c1-17-3-7-21(8-4-17)23-12-19-11-20(13-23)15-24(14-19,16-23)22-9-5-18(2)6-10-22/h3-10,19-20H,11-16H2,1-2H3. The van der Waals surface area contributed by atoms with Gasteiger partial charge in [0, 0.05) is 0 Å². The minimum atomic E-state index is 0.447. The molecule has 2 aromatic rings. The highest BCUT2D eigenvalue weighted by molar-refractivity contribution is 5.38. The summed E-state index contributed by atoms with van der Waals surface area (Å²) >= 11 is 0. The van der Waals surface area contributed by atoms with Crippen molar-refractivity contribution < 1.29 is 0 Å². The Balaban J connectivity index is 1.59. The van der Waals surface area contributed by atoms with Crippen LogP contribution < -0.4 is 0 Å². The lowest BCUT2D eigenvalue weighted by Crippen LogP contribution is -2.55. The first-order valence-electron chi connectivity index (χ1n) is 9.71. The van der Waals surface area contributed by atoms with E-state index in [0.717, 1.165) is 11.8 Å². The van der Waals surface area contributed by atoms with Crippen LogP contribution in [0.5, 0.6) is 0 Å². The van der Waals surface area contributed by atoms with Crippen molar-refractivity contribution in [2.75, 3.05) is 0 Å². The lowest BCUT2D eigenvalue weighted by Gasteiger charge is -2.63. The van der Waals surface area contributed by atoms with E-state index in [1.54, 1.807) is 11.1 Å². The Morgan fingerprint density at radius 2 is 1.00 bits per heavy atom. The van der Waals surface area contributed by atoms with E-state index in [0.29, 0.717) is 10.8 Å². The van der Waals surface area contributed by atoms with Crippen molar-refractivity contribution in [1.29, 1.82) is 0 Å². The number of hydrogen-bond donors (Lipinski definition) is 0. The maximum atomic E-state index is 2.44. The molecule has 2 aromatic carbocycles. The molecule has 24 heavy (non-hydrogen) atoms. The molecule has 0 aromatic heterocycles. The van der Waals surface area contributed by atoms with E-state index in [1.807, 2.05) is 0 Å². The molecule has 0 unspecified atom stereocenters. The summed E-state index contributed by atoms with van der Waals surface area (Å²) in [5.74, 6) is 1.88. The Kier molecular flexibility index (Phi) is 3.06. The molecule has 4 bridgehead atoms. The van der Waals surface area contributed by atoms with E-state index in [4.69, 9.17) is 0 Å². The van der Waals surface area contributed by atoms with Crippen molar-refractivity contribution in [3.63, 3.8) is 0 Å². The molecular weight excluding hydrogens is 288 g/mol. The average Bonchev–Trinajstić information content (AvgIpc) is 2.54. The van der Waals surface area contributed by atoms with Gasteiger partial charge in [-0.15, -0.1) is 0 Å². The molecule has 0 radical (unpaired) electrons. The van der Waals surface area contributed by atoms with E-state index in [9.17, 15) is 0 Å². The quantitative estimate of drug-likeness (QED) is 0.628. The number of benzene rings is 2. The van der Waals surface area contributed by atoms with E-state index >= 15 is 0 Å². The number of rotatable bonds is 2. The first-order chi connectivity index (χ1) is 11.6. The monoisotopic (exact) mass is 316 g/mol. The van der Waals surface area contributed by atoms with E-state index in [2.05, 4.69) is 62.4 Å². The molecule has 0 spiro atoms. The molecule has 0 N–H and O–H groups in total. The van der Waals surface area contributed by atoms with E-state index in [1.165, 1.54) is 49.7 Å². The van der Waals surface area contributed by atoms with Crippen LogP contribution in [0, 0.1) is 25.7 Å². The van der Waals surface area contributed by atoms with Crippen LogP contribution >= 0.6 is 0 Å². The molecule has 4 saturated carbocycles. The Hall–Kier alpha value is -1.56. The van der Waals surface area contributed by atoms with Crippen LogP contribution in [-0.4, -0.2) is 0 Å². The Morgan fingerprint density at radius 1 is 0.625 bits per heavy atom. The van der Waals surface area contributed by atoms with E-state index < -0.39 is 0 Å². The van der Waals surface area contributed by atoms with Crippen LogP contribution in [0.4, 0.5) is 0 Å². The topological polar surface area (TPSA) is 0 Å². The highest BCUT2D eigenvalue weighted by Gasteiger charge is 2.58.